The van der Waals surface area contributed by atoms with Gasteiger partial charge >= 0.3 is 5.97 Å². The van der Waals surface area contributed by atoms with Crippen molar-refractivity contribution in [3.05, 3.63) is 51.9 Å². The van der Waals surface area contributed by atoms with E-state index in [1.54, 1.807) is 10.8 Å². The molecule has 130 valence electrons. The molecular weight excluding hydrogens is 318 g/mol. The van der Waals surface area contributed by atoms with Crippen LogP contribution in [-0.4, -0.2) is 22.2 Å². The first kappa shape index (κ1) is 15.9. The van der Waals surface area contributed by atoms with Crippen LogP contribution in [-0.2, 0) is 0 Å². The monoisotopic (exact) mass is 339 g/mol. The zero-order valence-corrected chi connectivity index (χ0v) is 14.2. The molecule has 4 rings (SSSR count). The molecule has 2 aromatic rings. The van der Waals surface area contributed by atoms with Gasteiger partial charge in [-0.15, -0.1) is 0 Å². The Labute approximate surface area is 145 Å². The average Bonchev–Trinajstić information content (AvgIpc) is 3.47. The Morgan fingerprint density at radius 2 is 2.00 bits per heavy atom. The van der Waals surface area contributed by atoms with E-state index in [4.69, 9.17) is 4.74 Å². The third-order valence-electron chi connectivity index (χ3n) is 4.91. The predicted octanol–water partition coefficient (Wildman–Crippen LogP) is 3.65. The first-order chi connectivity index (χ1) is 12.0. The Bertz CT molecular complexity index is 891. The van der Waals surface area contributed by atoms with Gasteiger partial charge in [0.05, 0.1) is 6.61 Å². The fraction of sp³-hybridized carbons (Fsp3) is 0.400. The van der Waals surface area contributed by atoms with Crippen LogP contribution in [0.2, 0.25) is 0 Å². The van der Waals surface area contributed by atoms with Crippen LogP contribution in [0.1, 0.15) is 47.6 Å². The van der Waals surface area contributed by atoms with Crippen molar-refractivity contribution in [3.63, 3.8) is 0 Å². The van der Waals surface area contributed by atoms with Crippen molar-refractivity contribution >= 4 is 5.97 Å². The number of rotatable bonds is 6. The highest BCUT2D eigenvalue weighted by molar-refractivity contribution is 5.89. The number of hydrogen-bond donors (Lipinski definition) is 1. The van der Waals surface area contributed by atoms with Crippen LogP contribution in [0, 0.1) is 12.8 Å². The lowest BCUT2D eigenvalue weighted by Crippen LogP contribution is -2.25. The van der Waals surface area contributed by atoms with Crippen molar-refractivity contribution in [2.24, 2.45) is 5.92 Å². The van der Waals surface area contributed by atoms with Gasteiger partial charge in [-0.05, 0) is 73.4 Å². The third kappa shape index (κ3) is 3.31. The van der Waals surface area contributed by atoms with Gasteiger partial charge in [-0.25, -0.2) is 4.79 Å². The zero-order chi connectivity index (χ0) is 17.6. The van der Waals surface area contributed by atoms with Crippen molar-refractivity contribution in [3.8, 4) is 16.9 Å². The maximum atomic E-state index is 12.3. The number of carboxylic acid groups (broad SMARTS) is 1. The number of ether oxygens (including phenoxy) is 1. The summed E-state index contributed by atoms with van der Waals surface area (Å²) in [6.45, 7) is 2.74. The van der Waals surface area contributed by atoms with Gasteiger partial charge in [0, 0.05) is 12.2 Å². The van der Waals surface area contributed by atoms with Gasteiger partial charge in [-0.3, -0.25) is 4.79 Å². The molecule has 0 bridgehead atoms. The van der Waals surface area contributed by atoms with Crippen molar-refractivity contribution in [2.45, 2.75) is 38.6 Å². The highest BCUT2D eigenvalue weighted by atomic mass is 16.5. The Kier molecular flexibility index (Phi) is 3.86. The molecule has 0 atom stereocenters. The summed E-state index contributed by atoms with van der Waals surface area (Å²) in [5.41, 5.74) is 2.11. The van der Waals surface area contributed by atoms with E-state index in [0.717, 1.165) is 41.9 Å². The fourth-order valence-electron chi connectivity index (χ4n) is 3.07. The summed E-state index contributed by atoms with van der Waals surface area (Å²) in [4.78, 5) is 23.8. The molecule has 1 heterocycles. The van der Waals surface area contributed by atoms with Gasteiger partial charge in [0.25, 0.3) is 5.56 Å². The van der Waals surface area contributed by atoms with Gasteiger partial charge in [0.2, 0.25) is 0 Å². The standard InChI is InChI=1S/C20H21NO4/c1-12-8-16(25-11-13-2-3-13)6-7-17(12)14-9-18(20(23)24)19(22)21(10-14)15-4-5-15/h6-10,13,15H,2-5,11H2,1H3,(H,23,24). The molecule has 2 aliphatic carbocycles. The lowest BCUT2D eigenvalue weighted by molar-refractivity contribution is 0.0694. The average molecular weight is 339 g/mol. The van der Waals surface area contributed by atoms with E-state index in [0.29, 0.717) is 5.92 Å². The Balaban J connectivity index is 1.70. The molecule has 2 aliphatic rings. The summed E-state index contributed by atoms with van der Waals surface area (Å²) in [6.07, 6.45) is 6.14. The Morgan fingerprint density at radius 3 is 2.60 bits per heavy atom. The van der Waals surface area contributed by atoms with Crippen molar-refractivity contribution < 1.29 is 14.6 Å². The second-order valence-corrected chi connectivity index (χ2v) is 7.12. The topological polar surface area (TPSA) is 68.5 Å². The zero-order valence-electron chi connectivity index (χ0n) is 14.2. The lowest BCUT2D eigenvalue weighted by Gasteiger charge is -2.13. The quantitative estimate of drug-likeness (QED) is 0.872. The number of pyridine rings is 1. The number of nitrogens with zero attached hydrogens (tertiary/aromatic N) is 1. The highest BCUT2D eigenvalue weighted by Crippen LogP contribution is 2.35. The molecule has 0 radical (unpaired) electrons. The number of aromatic carboxylic acids is 1. The van der Waals surface area contributed by atoms with Gasteiger partial charge in [0.1, 0.15) is 11.3 Å². The second kappa shape index (κ2) is 6.06. The number of hydrogen-bond acceptors (Lipinski definition) is 3. The summed E-state index contributed by atoms with van der Waals surface area (Å²) in [7, 11) is 0. The molecule has 0 spiro atoms. The normalized spacial score (nSPS) is 16.7. The first-order valence-electron chi connectivity index (χ1n) is 8.76. The highest BCUT2D eigenvalue weighted by Gasteiger charge is 2.27. The lowest BCUT2D eigenvalue weighted by atomic mass is 10.0. The Hall–Kier alpha value is -2.56. The van der Waals surface area contributed by atoms with Gasteiger partial charge in [0.15, 0.2) is 0 Å². The minimum Gasteiger partial charge on any atom is -0.493 e. The third-order valence-corrected chi connectivity index (χ3v) is 4.91. The summed E-state index contributed by atoms with van der Waals surface area (Å²) < 4.78 is 7.38. The van der Waals surface area contributed by atoms with E-state index in [1.165, 1.54) is 18.9 Å². The molecular formula is C20H21NO4. The maximum Gasteiger partial charge on any atom is 0.341 e. The molecule has 2 fully saturated rings. The van der Waals surface area contributed by atoms with Crippen LogP contribution in [0.15, 0.2) is 35.3 Å². The largest absolute Gasteiger partial charge is 0.493 e. The second-order valence-electron chi connectivity index (χ2n) is 7.12. The SMILES string of the molecule is Cc1cc(OCC2CC2)ccc1-c1cc(C(=O)O)c(=O)n(C2CC2)c1. The van der Waals surface area contributed by atoms with E-state index in [1.807, 2.05) is 25.1 Å². The minimum absolute atomic E-state index is 0.131. The number of aryl methyl sites for hydroxylation is 1. The van der Waals surface area contributed by atoms with Gasteiger partial charge in [-0.2, -0.15) is 0 Å². The molecule has 1 aromatic carbocycles. The molecule has 0 aliphatic heterocycles. The minimum atomic E-state index is -1.18. The van der Waals surface area contributed by atoms with Gasteiger partial charge in [-0.1, -0.05) is 6.07 Å². The van der Waals surface area contributed by atoms with Crippen molar-refractivity contribution in [1.82, 2.24) is 4.57 Å². The molecule has 25 heavy (non-hydrogen) atoms. The van der Waals surface area contributed by atoms with Crippen LogP contribution in [0.25, 0.3) is 11.1 Å². The molecule has 2 saturated carbocycles. The summed E-state index contributed by atoms with van der Waals surface area (Å²) in [5.74, 6) is 0.352. The van der Waals surface area contributed by atoms with E-state index < -0.39 is 11.5 Å². The summed E-state index contributed by atoms with van der Waals surface area (Å²) in [5, 5.41) is 9.37. The number of carboxylic acids is 1. The molecule has 5 nitrogen and oxygen atoms in total. The number of aromatic nitrogens is 1. The fourth-order valence-corrected chi connectivity index (χ4v) is 3.07. The van der Waals surface area contributed by atoms with Crippen LogP contribution in [0.5, 0.6) is 5.75 Å². The van der Waals surface area contributed by atoms with Crippen LogP contribution < -0.4 is 10.3 Å². The summed E-state index contributed by atoms with van der Waals surface area (Å²) >= 11 is 0. The molecule has 1 aromatic heterocycles. The maximum absolute atomic E-state index is 12.3. The molecule has 0 amide bonds. The molecule has 0 unspecified atom stereocenters. The predicted molar refractivity (Wildman–Crippen MR) is 94.3 cm³/mol. The van der Waals surface area contributed by atoms with Crippen LogP contribution in [0.4, 0.5) is 0 Å². The van der Waals surface area contributed by atoms with Gasteiger partial charge < -0.3 is 14.4 Å². The number of benzene rings is 1. The molecule has 0 saturated heterocycles. The van der Waals surface area contributed by atoms with E-state index in [9.17, 15) is 14.7 Å². The van der Waals surface area contributed by atoms with Crippen molar-refractivity contribution in [1.29, 1.82) is 0 Å². The summed E-state index contributed by atoms with van der Waals surface area (Å²) in [6, 6.07) is 7.45. The molecule has 1 N–H and O–H groups in total. The van der Waals surface area contributed by atoms with Crippen LogP contribution in [0.3, 0.4) is 0 Å². The van der Waals surface area contributed by atoms with E-state index in [2.05, 4.69) is 0 Å². The number of carbonyl (C=O) groups is 1. The first-order valence-corrected chi connectivity index (χ1v) is 8.76. The van der Waals surface area contributed by atoms with Crippen LogP contribution >= 0.6 is 0 Å². The Morgan fingerprint density at radius 1 is 1.24 bits per heavy atom. The van der Waals surface area contributed by atoms with E-state index >= 15 is 0 Å². The van der Waals surface area contributed by atoms with Crippen molar-refractivity contribution in [2.75, 3.05) is 6.61 Å². The smallest absolute Gasteiger partial charge is 0.341 e. The molecule has 5 heteroatoms. The van der Waals surface area contributed by atoms with E-state index in [-0.39, 0.29) is 11.6 Å².